The Kier molecular flexibility index (Phi) is 5.05. The van der Waals surface area contributed by atoms with Crippen LogP contribution >= 0.6 is 0 Å². The maximum absolute atomic E-state index is 5.37. The summed E-state index contributed by atoms with van der Waals surface area (Å²) in [5.41, 5.74) is 3.43. The van der Waals surface area contributed by atoms with Gasteiger partial charge in [-0.1, -0.05) is 59.3 Å². The van der Waals surface area contributed by atoms with E-state index in [1.165, 1.54) is 11.1 Å². The molecule has 4 aromatic rings. The number of aryl methyl sites for hydroxylation is 5. The predicted molar refractivity (Wildman–Crippen MR) is 102 cm³/mol. The van der Waals surface area contributed by atoms with Crippen molar-refractivity contribution in [2.75, 3.05) is 0 Å². The largest absolute Gasteiger partial charge is 0.339 e. The van der Waals surface area contributed by atoms with Gasteiger partial charge >= 0.3 is 0 Å². The zero-order valence-corrected chi connectivity index (χ0v) is 15.2. The number of aromatic nitrogens is 5. The van der Waals surface area contributed by atoms with Crippen LogP contribution in [0.2, 0.25) is 0 Å². The van der Waals surface area contributed by atoms with Crippen LogP contribution in [0.25, 0.3) is 11.4 Å². The molecule has 0 saturated heterocycles. The molecule has 0 radical (unpaired) electrons. The molecule has 2 heterocycles. The van der Waals surface area contributed by atoms with Gasteiger partial charge in [0, 0.05) is 24.8 Å². The van der Waals surface area contributed by atoms with E-state index in [0.29, 0.717) is 24.6 Å². The molecule has 6 heteroatoms. The molecule has 4 rings (SSSR count). The highest BCUT2D eigenvalue weighted by Gasteiger charge is 2.10. The molecule has 2 aromatic carbocycles. The first-order valence-electron chi connectivity index (χ1n) is 9.10. The number of nitrogens with one attached hydrogen (secondary N) is 1. The number of nitrogens with zero attached hydrogens (tertiary/aromatic N) is 4. The number of hydrogen-bond acceptors (Lipinski definition) is 5. The van der Waals surface area contributed by atoms with Crippen molar-refractivity contribution < 1.29 is 4.52 Å². The lowest BCUT2D eigenvalue weighted by Gasteiger charge is -1.97. The first-order valence-corrected chi connectivity index (χ1v) is 9.10. The smallest absolute Gasteiger partial charge is 0.227 e. The minimum Gasteiger partial charge on any atom is -0.339 e. The summed E-state index contributed by atoms with van der Waals surface area (Å²) < 4.78 is 5.37. The van der Waals surface area contributed by atoms with Gasteiger partial charge in [0.05, 0.1) is 0 Å². The molecular formula is C21H21N5O. The third-order valence-corrected chi connectivity index (χ3v) is 4.38. The maximum atomic E-state index is 5.37. The van der Waals surface area contributed by atoms with Gasteiger partial charge in [0.2, 0.25) is 11.7 Å². The van der Waals surface area contributed by atoms with Gasteiger partial charge in [0.15, 0.2) is 5.82 Å². The summed E-state index contributed by atoms with van der Waals surface area (Å²) in [7, 11) is 0. The summed E-state index contributed by atoms with van der Waals surface area (Å²) in [6.45, 7) is 2.05. The highest BCUT2D eigenvalue weighted by Crippen LogP contribution is 2.17. The number of benzene rings is 2. The molecule has 0 atom stereocenters. The fourth-order valence-corrected chi connectivity index (χ4v) is 2.94. The molecule has 0 amide bonds. The molecule has 0 spiro atoms. The molecule has 0 fully saturated rings. The molecule has 0 aliphatic heterocycles. The monoisotopic (exact) mass is 359 g/mol. The predicted octanol–water partition coefficient (Wildman–Crippen LogP) is 3.73. The Bertz CT molecular complexity index is 1010. The minimum atomic E-state index is 0.605. The van der Waals surface area contributed by atoms with E-state index >= 15 is 0 Å². The van der Waals surface area contributed by atoms with Crippen molar-refractivity contribution in [3.8, 4) is 11.4 Å². The van der Waals surface area contributed by atoms with E-state index < -0.39 is 0 Å². The van der Waals surface area contributed by atoms with Crippen LogP contribution in [-0.4, -0.2) is 25.3 Å². The van der Waals surface area contributed by atoms with Gasteiger partial charge in [-0.3, -0.25) is 5.10 Å². The molecule has 0 unspecified atom stereocenters. The number of aromatic amines is 1. The van der Waals surface area contributed by atoms with Crippen LogP contribution in [0, 0.1) is 6.92 Å². The summed E-state index contributed by atoms with van der Waals surface area (Å²) in [4.78, 5) is 9.04. The lowest BCUT2D eigenvalue weighted by molar-refractivity contribution is 0.378. The van der Waals surface area contributed by atoms with E-state index in [4.69, 9.17) is 4.52 Å². The highest BCUT2D eigenvalue weighted by molar-refractivity contribution is 5.55. The van der Waals surface area contributed by atoms with Gasteiger partial charge in [-0.05, 0) is 25.0 Å². The average Bonchev–Trinajstić information content (AvgIpc) is 3.35. The Balaban J connectivity index is 1.32. The fourth-order valence-electron chi connectivity index (χ4n) is 2.94. The standard InChI is InChI=1S/C21H21N5O/c1-15-6-5-9-17(14-15)21-23-20(27-26-21)13-12-19-22-18(24-25-19)11-10-16-7-3-2-4-8-16/h2-9,14H,10-13H2,1H3,(H,22,24,25). The van der Waals surface area contributed by atoms with E-state index in [0.717, 1.165) is 30.1 Å². The lowest BCUT2D eigenvalue weighted by Crippen LogP contribution is -1.95. The molecular weight excluding hydrogens is 338 g/mol. The SMILES string of the molecule is Cc1cccc(-c2noc(CCc3nc(CCc4ccccc4)n[nH]3)n2)c1. The van der Waals surface area contributed by atoms with Crippen LogP contribution in [0.1, 0.15) is 28.7 Å². The Labute approximate surface area is 157 Å². The Morgan fingerprint density at radius 2 is 1.78 bits per heavy atom. The number of H-pyrrole nitrogens is 1. The van der Waals surface area contributed by atoms with Gasteiger partial charge in [-0.25, -0.2) is 4.98 Å². The molecule has 6 nitrogen and oxygen atoms in total. The van der Waals surface area contributed by atoms with Crippen molar-refractivity contribution >= 4 is 0 Å². The van der Waals surface area contributed by atoms with E-state index in [-0.39, 0.29) is 0 Å². The Hall–Kier alpha value is -3.28. The van der Waals surface area contributed by atoms with E-state index in [1.54, 1.807) is 0 Å². The molecule has 1 N–H and O–H groups in total. The van der Waals surface area contributed by atoms with Crippen molar-refractivity contribution in [1.29, 1.82) is 0 Å². The van der Waals surface area contributed by atoms with Crippen molar-refractivity contribution in [3.63, 3.8) is 0 Å². The third kappa shape index (κ3) is 4.47. The van der Waals surface area contributed by atoms with Gasteiger partial charge in [0.1, 0.15) is 5.82 Å². The number of hydrogen-bond donors (Lipinski definition) is 1. The molecule has 0 saturated carbocycles. The second-order valence-electron chi connectivity index (χ2n) is 6.57. The van der Waals surface area contributed by atoms with Crippen LogP contribution < -0.4 is 0 Å². The topological polar surface area (TPSA) is 80.5 Å². The summed E-state index contributed by atoms with van der Waals surface area (Å²) in [6, 6.07) is 18.4. The summed E-state index contributed by atoms with van der Waals surface area (Å²) >= 11 is 0. The van der Waals surface area contributed by atoms with Crippen LogP contribution in [-0.2, 0) is 25.7 Å². The molecule has 0 aliphatic carbocycles. The highest BCUT2D eigenvalue weighted by atomic mass is 16.5. The zero-order valence-electron chi connectivity index (χ0n) is 15.2. The number of rotatable bonds is 7. The maximum Gasteiger partial charge on any atom is 0.227 e. The molecule has 0 aliphatic rings. The van der Waals surface area contributed by atoms with Crippen molar-refractivity contribution in [2.45, 2.75) is 32.6 Å². The first kappa shape index (κ1) is 17.1. The molecule has 0 bridgehead atoms. The van der Waals surface area contributed by atoms with Crippen molar-refractivity contribution in [3.05, 3.63) is 83.3 Å². The van der Waals surface area contributed by atoms with Crippen LogP contribution in [0.4, 0.5) is 0 Å². The molecule has 136 valence electrons. The molecule has 2 aromatic heterocycles. The Morgan fingerprint density at radius 1 is 0.889 bits per heavy atom. The van der Waals surface area contributed by atoms with Gasteiger partial charge in [-0.15, -0.1) is 0 Å². The van der Waals surface area contributed by atoms with Gasteiger partial charge in [0.25, 0.3) is 0 Å². The summed E-state index contributed by atoms with van der Waals surface area (Å²) in [5.74, 6) is 2.90. The third-order valence-electron chi connectivity index (χ3n) is 4.38. The second kappa shape index (κ2) is 7.95. The van der Waals surface area contributed by atoms with Gasteiger partial charge in [-0.2, -0.15) is 10.1 Å². The van der Waals surface area contributed by atoms with E-state index in [2.05, 4.69) is 37.5 Å². The lowest BCUT2D eigenvalue weighted by atomic mass is 10.1. The fraction of sp³-hybridized carbons (Fsp3) is 0.238. The first-order chi connectivity index (χ1) is 13.3. The minimum absolute atomic E-state index is 0.605. The second-order valence-corrected chi connectivity index (χ2v) is 6.57. The molecule has 27 heavy (non-hydrogen) atoms. The van der Waals surface area contributed by atoms with Crippen LogP contribution in [0.15, 0.2) is 59.1 Å². The summed E-state index contributed by atoms with van der Waals surface area (Å²) in [6.07, 6.45) is 3.07. The quantitative estimate of drug-likeness (QED) is 0.544. The van der Waals surface area contributed by atoms with E-state index in [9.17, 15) is 0 Å². The van der Waals surface area contributed by atoms with Crippen LogP contribution in [0.3, 0.4) is 0 Å². The Morgan fingerprint density at radius 3 is 2.63 bits per heavy atom. The van der Waals surface area contributed by atoms with Crippen molar-refractivity contribution in [2.24, 2.45) is 0 Å². The van der Waals surface area contributed by atoms with Crippen molar-refractivity contribution in [1.82, 2.24) is 25.3 Å². The average molecular weight is 359 g/mol. The van der Waals surface area contributed by atoms with Crippen LogP contribution in [0.5, 0.6) is 0 Å². The summed E-state index contributed by atoms with van der Waals surface area (Å²) in [5, 5.41) is 11.4. The van der Waals surface area contributed by atoms with Gasteiger partial charge < -0.3 is 4.52 Å². The zero-order chi connectivity index (χ0) is 18.5. The normalized spacial score (nSPS) is 11.0. The van der Waals surface area contributed by atoms with E-state index in [1.807, 2.05) is 49.4 Å².